The van der Waals surface area contributed by atoms with Crippen molar-refractivity contribution in [2.75, 3.05) is 13.7 Å². The van der Waals surface area contributed by atoms with Gasteiger partial charge in [0.1, 0.15) is 23.9 Å². The van der Waals surface area contributed by atoms with Gasteiger partial charge in [-0.1, -0.05) is 44.8 Å². The van der Waals surface area contributed by atoms with Crippen molar-refractivity contribution >= 4 is 5.97 Å². The van der Waals surface area contributed by atoms with Crippen LogP contribution in [0.1, 0.15) is 68.6 Å². The van der Waals surface area contributed by atoms with Crippen LogP contribution in [0.25, 0.3) is 0 Å². The summed E-state index contributed by atoms with van der Waals surface area (Å²) < 4.78 is 16.3. The SMILES string of the molecule is CCCCC[C@H]1CC[C@H](C=CCOc2ccc(OC(=O)c3ccc(OC)cc3)cc2)CC1. The summed E-state index contributed by atoms with van der Waals surface area (Å²) in [5.74, 6) is 3.19. The van der Waals surface area contributed by atoms with Crippen LogP contribution in [0.2, 0.25) is 0 Å². The fraction of sp³-hybridized carbons (Fsp3) is 0.464. The lowest BCUT2D eigenvalue weighted by Gasteiger charge is -2.26. The average molecular weight is 437 g/mol. The van der Waals surface area contributed by atoms with Crippen LogP contribution in [-0.2, 0) is 0 Å². The predicted molar refractivity (Wildman–Crippen MR) is 129 cm³/mol. The number of unbranched alkanes of at least 4 members (excludes halogenated alkanes) is 2. The van der Waals surface area contributed by atoms with Gasteiger partial charge in [-0.15, -0.1) is 0 Å². The molecule has 3 rings (SSSR count). The number of carbonyl (C=O) groups is 1. The second-order valence-electron chi connectivity index (χ2n) is 8.61. The van der Waals surface area contributed by atoms with Gasteiger partial charge in [0.15, 0.2) is 0 Å². The van der Waals surface area contributed by atoms with Gasteiger partial charge >= 0.3 is 5.97 Å². The summed E-state index contributed by atoms with van der Waals surface area (Å²) in [4.78, 5) is 12.2. The number of carbonyl (C=O) groups excluding carboxylic acids is 1. The molecule has 0 amide bonds. The van der Waals surface area contributed by atoms with E-state index in [-0.39, 0.29) is 0 Å². The maximum absolute atomic E-state index is 12.2. The summed E-state index contributed by atoms with van der Waals surface area (Å²) >= 11 is 0. The molecular weight excluding hydrogens is 400 g/mol. The van der Waals surface area contributed by atoms with Crippen molar-refractivity contribution in [3.8, 4) is 17.2 Å². The molecule has 0 heterocycles. The topological polar surface area (TPSA) is 44.8 Å². The highest BCUT2D eigenvalue weighted by Crippen LogP contribution is 2.32. The number of hydrogen-bond acceptors (Lipinski definition) is 4. The molecule has 1 aliphatic carbocycles. The standard InChI is InChI=1S/C28H36O4/c1-3-4-5-7-22-9-11-23(12-10-22)8-6-21-31-26-17-19-27(20-18-26)32-28(29)24-13-15-25(30-2)16-14-24/h6,8,13-20,22-23H,3-5,7,9-12,21H2,1-2H3/t22-,23-. The maximum atomic E-state index is 12.2. The van der Waals surface area contributed by atoms with Crippen LogP contribution in [0.4, 0.5) is 0 Å². The first kappa shape index (κ1) is 23.9. The van der Waals surface area contributed by atoms with Crippen molar-refractivity contribution in [1.29, 1.82) is 0 Å². The van der Waals surface area contributed by atoms with Crippen molar-refractivity contribution in [3.63, 3.8) is 0 Å². The zero-order chi connectivity index (χ0) is 22.6. The average Bonchev–Trinajstić information content (AvgIpc) is 2.84. The first-order valence-corrected chi connectivity index (χ1v) is 11.9. The lowest BCUT2D eigenvalue weighted by atomic mass is 9.79. The zero-order valence-electron chi connectivity index (χ0n) is 19.4. The van der Waals surface area contributed by atoms with Crippen LogP contribution in [-0.4, -0.2) is 19.7 Å². The fourth-order valence-electron chi connectivity index (χ4n) is 4.24. The number of benzene rings is 2. The first-order valence-electron chi connectivity index (χ1n) is 11.9. The third-order valence-electron chi connectivity index (χ3n) is 6.22. The highest BCUT2D eigenvalue weighted by molar-refractivity contribution is 5.91. The molecule has 0 N–H and O–H groups in total. The molecule has 32 heavy (non-hydrogen) atoms. The first-order chi connectivity index (χ1) is 15.7. The molecule has 0 saturated heterocycles. The van der Waals surface area contributed by atoms with Crippen LogP contribution in [0.3, 0.4) is 0 Å². The highest BCUT2D eigenvalue weighted by Gasteiger charge is 2.18. The van der Waals surface area contributed by atoms with Gasteiger partial charge in [0, 0.05) is 0 Å². The maximum Gasteiger partial charge on any atom is 0.343 e. The molecule has 0 aromatic heterocycles. The van der Waals surface area contributed by atoms with E-state index in [0.717, 1.165) is 11.7 Å². The quantitative estimate of drug-likeness (QED) is 0.161. The third kappa shape index (κ3) is 7.74. The number of methoxy groups -OCH3 is 1. The van der Waals surface area contributed by atoms with Crippen molar-refractivity contribution in [2.45, 2.75) is 58.3 Å². The molecule has 2 aromatic rings. The Morgan fingerprint density at radius 1 is 0.906 bits per heavy atom. The summed E-state index contributed by atoms with van der Waals surface area (Å²) in [6, 6.07) is 14.0. The molecule has 4 nitrogen and oxygen atoms in total. The summed E-state index contributed by atoms with van der Waals surface area (Å²) in [5, 5.41) is 0. The minimum absolute atomic E-state index is 0.399. The van der Waals surface area contributed by atoms with Crippen LogP contribution in [0.15, 0.2) is 60.7 Å². The number of ether oxygens (including phenoxy) is 3. The van der Waals surface area contributed by atoms with E-state index in [2.05, 4.69) is 19.1 Å². The van der Waals surface area contributed by atoms with E-state index >= 15 is 0 Å². The molecule has 0 radical (unpaired) electrons. The second kappa shape index (κ2) is 12.9. The molecule has 0 aliphatic heterocycles. The molecule has 0 spiro atoms. The van der Waals surface area contributed by atoms with Crippen LogP contribution < -0.4 is 14.2 Å². The van der Waals surface area contributed by atoms with E-state index in [1.165, 1.54) is 51.4 Å². The fourth-order valence-corrected chi connectivity index (χ4v) is 4.24. The third-order valence-corrected chi connectivity index (χ3v) is 6.22. The van der Waals surface area contributed by atoms with Gasteiger partial charge in [-0.25, -0.2) is 4.79 Å². The zero-order valence-corrected chi connectivity index (χ0v) is 19.4. The summed E-state index contributed by atoms with van der Waals surface area (Å²) in [7, 11) is 1.59. The van der Waals surface area contributed by atoms with Gasteiger partial charge in [-0.05, 0) is 86.1 Å². The minimum atomic E-state index is -0.399. The Balaban J connectivity index is 1.36. The normalized spacial score (nSPS) is 18.4. The lowest BCUT2D eigenvalue weighted by Crippen LogP contribution is -2.13. The van der Waals surface area contributed by atoms with Crippen molar-refractivity contribution in [3.05, 3.63) is 66.2 Å². The summed E-state index contributed by atoms with van der Waals surface area (Å²) in [6.45, 7) is 2.83. The van der Waals surface area contributed by atoms with E-state index in [9.17, 15) is 4.79 Å². The number of allylic oxidation sites excluding steroid dienone is 1. The smallest absolute Gasteiger partial charge is 0.343 e. The van der Waals surface area contributed by atoms with Crippen LogP contribution in [0.5, 0.6) is 17.2 Å². The van der Waals surface area contributed by atoms with Gasteiger partial charge in [0.25, 0.3) is 0 Å². The van der Waals surface area contributed by atoms with Crippen LogP contribution >= 0.6 is 0 Å². The molecule has 2 aromatic carbocycles. The Morgan fingerprint density at radius 2 is 1.56 bits per heavy atom. The molecule has 172 valence electrons. The monoisotopic (exact) mass is 436 g/mol. The van der Waals surface area contributed by atoms with Gasteiger partial charge in [-0.3, -0.25) is 0 Å². The molecule has 4 heteroatoms. The molecular formula is C28H36O4. The van der Waals surface area contributed by atoms with E-state index < -0.39 is 5.97 Å². The molecule has 1 fully saturated rings. The van der Waals surface area contributed by atoms with Crippen LogP contribution in [0, 0.1) is 11.8 Å². The number of hydrogen-bond donors (Lipinski definition) is 0. The predicted octanol–water partition coefficient (Wildman–Crippen LogP) is 7.24. The molecule has 0 bridgehead atoms. The Hall–Kier alpha value is -2.75. The van der Waals surface area contributed by atoms with Crippen molar-refractivity contribution < 1.29 is 19.0 Å². The van der Waals surface area contributed by atoms with Gasteiger partial charge in [0.05, 0.1) is 12.7 Å². The largest absolute Gasteiger partial charge is 0.497 e. The van der Waals surface area contributed by atoms with E-state index in [1.54, 1.807) is 43.5 Å². The Kier molecular flexibility index (Phi) is 9.67. The van der Waals surface area contributed by atoms with Gasteiger partial charge < -0.3 is 14.2 Å². The Morgan fingerprint density at radius 3 is 2.22 bits per heavy atom. The Bertz CT molecular complexity index is 831. The molecule has 0 atom stereocenters. The minimum Gasteiger partial charge on any atom is -0.497 e. The van der Waals surface area contributed by atoms with E-state index in [4.69, 9.17) is 14.2 Å². The summed E-state index contributed by atoms with van der Waals surface area (Å²) in [5.41, 5.74) is 0.478. The van der Waals surface area contributed by atoms with E-state index in [1.807, 2.05) is 12.1 Å². The lowest BCUT2D eigenvalue weighted by molar-refractivity contribution is 0.0734. The van der Waals surface area contributed by atoms with Gasteiger partial charge in [-0.2, -0.15) is 0 Å². The van der Waals surface area contributed by atoms with Crippen molar-refractivity contribution in [2.24, 2.45) is 11.8 Å². The van der Waals surface area contributed by atoms with E-state index in [0.29, 0.717) is 29.6 Å². The van der Waals surface area contributed by atoms with Crippen molar-refractivity contribution in [1.82, 2.24) is 0 Å². The van der Waals surface area contributed by atoms with Gasteiger partial charge in [0.2, 0.25) is 0 Å². The summed E-state index contributed by atoms with van der Waals surface area (Å²) in [6.07, 6.45) is 15.3. The number of esters is 1. The number of rotatable bonds is 11. The molecule has 1 aliphatic rings. The second-order valence-corrected chi connectivity index (χ2v) is 8.61. The molecule has 1 saturated carbocycles. The molecule has 0 unspecified atom stereocenters. The highest BCUT2D eigenvalue weighted by atomic mass is 16.5. The Labute approximate surface area is 192 Å².